The second-order valence-corrected chi connectivity index (χ2v) is 6.51. The zero-order valence-corrected chi connectivity index (χ0v) is 12.9. The Bertz CT molecular complexity index is 513. The van der Waals surface area contributed by atoms with Crippen LogP contribution in [0, 0.1) is 5.82 Å². The molecule has 2 aromatic rings. The van der Waals surface area contributed by atoms with Crippen LogP contribution in [-0.2, 0) is 12.8 Å². The van der Waals surface area contributed by atoms with Crippen molar-refractivity contribution in [3.63, 3.8) is 0 Å². The van der Waals surface area contributed by atoms with Gasteiger partial charge in [-0.25, -0.2) is 4.39 Å². The summed E-state index contributed by atoms with van der Waals surface area (Å²) in [5.41, 5.74) is 0.568. The Hall–Kier alpha value is -0.710. The molecule has 1 N–H and O–H groups in total. The lowest BCUT2D eigenvalue weighted by atomic mass is 10.0. The summed E-state index contributed by atoms with van der Waals surface area (Å²) in [7, 11) is 0. The van der Waals surface area contributed by atoms with Crippen LogP contribution in [0.15, 0.2) is 40.2 Å². The number of hydrogen-bond acceptors (Lipinski definition) is 2. The molecule has 1 unspecified atom stereocenters. The van der Waals surface area contributed by atoms with Gasteiger partial charge >= 0.3 is 0 Å². The number of aliphatic hydroxyl groups excluding tert-OH is 1. The molecule has 102 valence electrons. The minimum absolute atomic E-state index is 0.250. The van der Waals surface area contributed by atoms with Gasteiger partial charge in [-0.3, -0.25) is 0 Å². The Kier molecular flexibility index (Phi) is 5.55. The number of benzene rings is 1. The lowest BCUT2D eigenvalue weighted by Gasteiger charge is -2.11. The summed E-state index contributed by atoms with van der Waals surface area (Å²) in [5, 5.41) is 12.0. The first-order valence-corrected chi connectivity index (χ1v) is 7.97. The van der Waals surface area contributed by atoms with Crippen LogP contribution < -0.4 is 0 Å². The molecule has 0 saturated carbocycles. The number of thiophene rings is 1. The first-order chi connectivity index (χ1) is 9.15. The first-order valence-electron chi connectivity index (χ1n) is 6.29. The molecule has 4 heteroatoms. The Labute approximate surface area is 125 Å². The van der Waals surface area contributed by atoms with E-state index in [4.69, 9.17) is 0 Å². The molecule has 0 aliphatic heterocycles. The minimum Gasteiger partial charge on any atom is -0.393 e. The highest BCUT2D eigenvalue weighted by Crippen LogP contribution is 2.19. The zero-order valence-electron chi connectivity index (χ0n) is 10.5. The highest BCUT2D eigenvalue weighted by molar-refractivity contribution is 9.10. The van der Waals surface area contributed by atoms with Crippen molar-refractivity contribution in [1.82, 2.24) is 0 Å². The molecule has 1 heterocycles. The molecule has 19 heavy (non-hydrogen) atoms. The fraction of sp³-hybridized carbons (Fsp3) is 0.333. The van der Waals surface area contributed by atoms with Crippen LogP contribution in [-0.4, -0.2) is 11.2 Å². The molecule has 1 aromatic heterocycles. The van der Waals surface area contributed by atoms with Crippen molar-refractivity contribution >= 4 is 27.3 Å². The molecule has 0 amide bonds. The molecular weight excluding hydrogens is 327 g/mol. The van der Waals surface area contributed by atoms with Crippen molar-refractivity contribution in [2.75, 3.05) is 0 Å². The average molecular weight is 343 g/mol. The Morgan fingerprint density at radius 1 is 1.32 bits per heavy atom. The molecule has 1 aromatic carbocycles. The van der Waals surface area contributed by atoms with E-state index in [2.05, 4.69) is 27.4 Å². The van der Waals surface area contributed by atoms with Gasteiger partial charge in [0.2, 0.25) is 0 Å². The van der Waals surface area contributed by atoms with Gasteiger partial charge in [0.05, 0.1) is 6.10 Å². The van der Waals surface area contributed by atoms with Crippen LogP contribution in [0.4, 0.5) is 4.39 Å². The Morgan fingerprint density at radius 3 is 2.89 bits per heavy atom. The summed E-state index contributed by atoms with van der Waals surface area (Å²) in [6.45, 7) is 0. The van der Waals surface area contributed by atoms with E-state index in [1.807, 2.05) is 6.07 Å². The maximum Gasteiger partial charge on any atom is 0.126 e. The SMILES string of the molecule is OC(CCCc1cccs1)Cc1cc(Br)ccc1F. The van der Waals surface area contributed by atoms with E-state index in [1.165, 1.54) is 10.9 Å². The molecule has 0 saturated heterocycles. The van der Waals surface area contributed by atoms with Gasteiger partial charge in [0.1, 0.15) is 5.82 Å². The number of aliphatic hydroxyl groups is 1. The monoisotopic (exact) mass is 342 g/mol. The zero-order chi connectivity index (χ0) is 13.7. The average Bonchev–Trinajstić information content (AvgIpc) is 2.87. The van der Waals surface area contributed by atoms with Crippen molar-refractivity contribution in [1.29, 1.82) is 0 Å². The van der Waals surface area contributed by atoms with Gasteiger partial charge in [-0.2, -0.15) is 0 Å². The molecule has 0 fully saturated rings. The van der Waals surface area contributed by atoms with Gasteiger partial charge < -0.3 is 5.11 Å². The summed E-state index contributed by atoms with van der Waals surface area (Å²) in [5.74, 6) is -0.250. The topological polar surface area (TPSA) is 20.2 Å². The quantitative estimate of drug-likeness (QED) is 0.814. The van der Waals surface area contributed by atoms with E-state index in [1.54, 1.807) is 23.5 Å². The van der Waals surface area contributed by atoms with Crippen LogP contribution in [0.2, 0.25) is 0 Å². The molecular formula is C15H16BrFOS. The van der Waals surface area contributed by atoms with E-state index in [9.17, 15) is 9.50 Å². The lowest BCUT2D eigenvalue weighted by Crippen LogP contribution is -2.11. The predicted octanol–water partition coefficient (Wildman–Crippen LogP) is 4.58. The Morgan fingerprint density at radius 2 is 2.16 bits per heavy atom. The molecule has 0 aliphatic rings. The maximum atomic E-state index is 13.5. The van der Waals surface area contributed by atoms with Crippen molar-refractivity contribution < 1.29 is 9.50 Å². The second-order valence-electron chi connectivity index (χ2n) is 4.57. The van der Waals surface area contributed by atoms with Crippen LogP contribution in [0.5, 0.6) is 0 Å². The van der Waals surface area contributed by atoms with Crippen molar-refractivity contribution in [3.05, 3.63) is 56.4 Å². The van der Waals surface area contributed by atoms with Crippen LogP contribution >= 0.6 is 27.3 Å². The van der Waals surface area contributed by atoms with Crippen molar-refractivity contribution in [2.45, 2.75) is 31.8 Å². The molecule has 0 spiro atoms. The number of halogens is 2. The smallest absolute Gasteiger partial charge is 0.126 e. The third-order valence-corrected chi connectivity index (χ3v) is 4.43. The molecule has 1 atom stereocenters. The second kappa shape index (κ2) is 7.17. The van der Waals surface area contributed by atoms with E-state index in [-0.39, 0.29) is 5.82 Å². The Balaban J connectivity index is 1.80. The summed E-state index contributed by atoms with van der Waals surface area (Å²) in [4.78, 5) is 1.33. The third-order valence-electron chi connectivity index (χ3n) is 3.00. The van der Waals surface area contributed by atoms with Gasteiger partial charge in [0.15, 0.2) is 0 Å². The van der Waals surface area contributed by atoms with Crippen LogP contribution in [0.1, 0.15) is 23.3 Å². The van der Waals surface area contributed by atoms with E-state index >= 15 is 0 Å². The number of rotatable bonds is 6. The van der Waals surface area contributed by atoms with Gasteiger partial charge in [-0.1, -0.05) is 22.0 Å². The highest BCUT2D eigenvalue weighted by Gasteiger charge is 2.10. The van der Waals surface area contributed by atoms with Gasteiger partial charge in [0.25, 0.3) is 0 Å². The highest BCUT2D eigenvalue weighted by atomic mass is 79.9. The number of aryl methyl sites for hydroxylation is 1. The molecule has 1 nitrogen and oxygen atoms in total. The fourth-order valence-electron chi connectivity index (χ4n) is 2.02. The molecule has 0 aliphatic carbocycles. The maximum absolute atomic E-state index is 13.5. The molecule has 0 bridgehead atoms. The standard InChI is InChI=1S/C15H16BrFOS/c16-12-6-7-15(17)11(9-12)10-13(18)3-1-4-14-5-2-8-19-14/h2,5-9,13,18H,1,3-4,10H2. The van der Waals surface area contributed by atoms with E-state index in [0.29, 0.717) is 18.4 Å². The third kappa shape index (κ3) is 4.71. The normalized spacial score (nSPS) is 12.6. The summed E-state index contributed by atoms with van der Waals surface area (Å²) < 4.78 is 14.4. The summed E-state index contributed by atoms with van der Waals surface area (Å²) in [6, 6.07) is 8.97. The van der Waals surface area contributed by atoms with E-state index in [0.717, 1.165) is 17.3 Å². The molecule has 0 radical (unpaired) electrons. The lowest BCUT2D eigenvalue weighted by molar-refractivity contribution is 0.161. The fourth-order valence-corrected chi connectivity index (χ4v) is 3.18. The first kappa shape index (κ1) is 14.7. The van der Waals surface area contributed by atoms with Gasteiger partial charge in [-0.15, -0.1) is 11.3 Å². The van der Waals surface area contributed by atoms with Crippen molar-refractivity contribution in [2.24, 2.45) is 0 Å². The summed E-state index contributed by atoms with van der Waals surface area (Å²) >= 11 is 5.05. The van der Waals surface area contributed by atoms with E-state index < -0.39 is 6.10 Å². The summed E-state index contributed by atoms with van der Waals surface area (Å²) in [6.07, 6.45) is 2.50. The molecule has 2 rings (SSSR count). The van der Waals surface area contributed by atoms with Crippen LogP contribution in [0.25, 0.3) is 0 Å². The minimum atomic E-state index is -0.483. The van der Waals surface area contributed by atoms with Crippen LogP contribution in [0.3, 0.4) is 0 Å². The number of hydrogen-bond donors (Lipinski definition) is 1. The van der Waals surface area contributed by atoms with Crippen molar-refractivity contribution in [3.8, 4) is 0 Å². The van der Waals surface area contributed by atoms with Gasteiger partial charge in [0, 0.05) is 15.8 Å². The van der Waals surface area contributed by atoms with Gasteiger partial charge in [-0.05, 0) is 54.5 Å². The predicted molar refractivity (Wildman–Crippen MR) is 81.1 cm³/mol. The largest absolute Gasteiger partial charge is 0.393 e.